The predicted molar refractivity (Wildman–Crippen MR) is 64.6 cm³/mol. The molecule has 0 aliphatic rings. The van der Waals surface area contributed by atoms with E-state index in [9.17, 15) is 0 Å². The summed E-state index contributed by atoms with van der Waals surface area (Å²) in [7, 11) is 0. The highest BCUT2D eigenvalue weighted by Gasteiger charge is 2.05. The second-order valence-electron chi connectivity index (χ2n) is 3.51. The molecule has 0 aromatic carbocycles. The first-order valence-corrected chi connectivity index (χ1v) is 6.81. The Bertz CT molecular complexity index is 96.1. The van der Waals surface area contributed by atoms with Gasteiger partial charge in [-0.05, 0) is 31.6 Å². The van der Waals surface area contributed by atoms with E-state index >= 15 is 0 Å². The largest absolute Gasteiger partial charge is 0.313 e. The molecule has 0 aliphatic carbocycles. The molecule has 0 rings (SSSR count). The number of hydrogen-bond donors (Lipinski definition) is 1. The molecule has 0 aliphatic heterocycles. The summed E-state index contributed by atoms with van der Waals surface area (Å²) in [6.07, 6.45) is 5.18. The van der Waals surface area contributed by atoms with Crippen LogP contribution in [0.1, 0.15) is 46.5 Å². The molecule has 1 N–H and O–H groups in total. The zero-order chi connectivity index (χ0) is 9.94. The summed E-state index contributed by atoms with van der Waals surface area (Å²) in [5.74, 6) is 2.61. The molecule has 2 heteroatoms. The van der Waals surface area contributed by atoms with E-state index in [0.29, 0.717) is 0 Å². The Morgan fingerprint density at radius 1 is 1.08 bits per heavy atom. The van der Waals surface area contributed by atoms with Crippen LogP contribution in [-0.4, -0.2) is 24.1 Å². The maximum absolute atomic E-state index is 3.61. The van der Waals surface area contributed by atoms with Crippen LogP contribution in [0.4, 0.5) is 0 Å². The molecular weight excluding hydrogens is 178 g/mol. The number of hydrogen-bond acceptors (Lipinski definition) is 2. The Morgan fingerprint density at radius 2 is 1.85 bits per heavy atom. The van der Waals surface area contributed by atoms with E-state index in [1.807, 2.05) is 0 Å². The maximum Gasteiger partial charge on any atom is 0.0158 e. The molecule has 1 unspecified atom stereocenters. The van der Waals surface area contributed by atoms with Crippen molar-refractivity contribution in [1.82, 2.24) is 5.32 Å². The zero-order valence-electron chi connectivity index (χ0n) is 9.44. The normalized spacial score (nSPS) is 13.2. The summed E-state index contributed by atoms with van der Waals surface area (Å²) >= 11 is 2.09. The molecule has 0 saturated heterocycles. The second-order valence-corrected chi connectivity index (χ2v) is 4.66. The first-order valence-electron chi connectivity index (χ1n) is 5.66. The molecule has 0 saturated carbocycles. The second kappa shape index (κ2) is 10.4. The summed E-state index contributed by atoms with van der Waals surface area (Å²) in [5.41, 5.74) is 0. The van der Waals surface area contributed by atoms with Crippen molar-refractivity contribution in [3.8, 4) is 0 Å². The van der Waals surface area contributed by atoms with Crippen molar-refractivity contribution < 1.29 is 0 Å². The van der Waals surface area contributed by atoms with Gasteiger partial charge in [-0.25, -0.2) is 0 Å². The fraction of sp³-hybridized carbons (Fsp3) is 1.00. The highest BCUT2D eigenvalue weighted by Crippen LogP contribution is 2.08. The van der Waals surface area contributed by atoms with Crippen molar-refractivity contribution in [3.05, 3.63) is 0 Å². The van der Waals surface area contributed by atoms with E-state index in [0.717, 1.165) is 6.04 Å². The van der Waals surface area contributed by atoms with Crippen molar-refractivity contribution in [2.75, 3.05) is 18.1 Å². The third kappa shape index (κ3) is 8.63. The Hall–Kier alpha value is 0.310. The van der Waals surface area contributed by atoms with Crippen molar-refractivity contribution in [2.24, 2.45) is 0 Å². The SMILES string of the molecule is CCCNC(CCC)CSCCC. The summed E-state index contributed by atoms with van der Waals surface area (Å²) in [6, 6.07) is 0.751. The van der Waals surface area contributed by atoms with Gasteiger partial charge in [0.1, 0.15) is 0 Å². The number of thioether (sulfide) groups is 1. The molecule has 0 aromatic heterocycles. The van der Waals surface area contributed by atoms with Crippen molar-refractivity contribution in [2.45, 2.75) is 52.5 Å². The molecule has 0 radical (unpaired) electrons. The van der Waals surface area contributed by atoms with Gasteiger partial charge in [0.15, 0.2) is 0 Å². The summed E-state index contributed by atoms with van der Waals surface area (Å²) < 4.78 is 0. The first kappa shape index (κ1) is 13.3. The summed E-state index contributed by atoms with van der Waals surface area (Å²) in [6.45, 7) is 7.93. The van der Waals surface area contributed by atoms with Crippen molar-refractivity contribution in [3.63, 3.8) is 0 Å². The van der Waals surface area contributed by atoms with Gasteiger partial charge in [-0.1, -0.05) is 27.2 Å². The lowest BCUT2D eigenvalue weighted by atomic mass is 10.2. The van der Waals surface area contributed by atoms with Crippen LogP contribution in [0.25, 0.3) is 0 Å². The smallest absolute Gasteiger partial charge is 0.0158 e. The van der Waals surface area contributed by atoms with Crippen molar-refractivity contribution in [1.29, 1.82) is 0 Å². The van der Waals surface area contributed by atoms with Gasteiger partial charge >= 0.3 is 0 Å². The van der Waals surface area contributed by atoms with Crippen LogP contribution in [0.3, 0.4) is 0 Å². The fourth-order valence-electron chi connectivity index (χ4n) is 1.31. The summed E-state index contributed by atoms with van der Waals surface area (Å²) in [4.78, 5) is 0. The minimum Gasteiger partial charge on any atom is -0.313 e. The van der Waals surface area contributed by atoms with Crippen LogP contribution in [-0.2, 0) is 0 Å². The molecule has 0 fully saturated rings. The Balaban J connectivity index is 3.41. The Labute approximate surface area is 88.1 Å². The number of nitrogens with one attached hydrogen (secondary N) is 1. The molecule has 0 aromatic rings. The fourth-order valence-corrected chi connectivity index (χ4v) is 2.34. The van der Waals surface area contributed by atoms with E-state index in [2.05, 4.69) is 37.8 Å². The molecule has 1 nitrogen and oxygen atoms in total. The molecule has 0 heterocycles. The standard InChI is InChI=1S/C11H25NS/c1-4-7-11(12-8-5-2)10-13-9-6-3/h11-12H,4-10H2,1-3H3. The average Bonchev–Trinajstić information content (AvgIpc) is 2.14. The van der Waals surface area contributed by atoms with Gasteiger partial charge in [0.05, 0.1) is 0 Å². The van der Waals surface area contributed by atoms with Crippen LogP contribution >= 0.6 is 11.8 Å². The van der Waals surface area contributed by atoms with Gasteiger partial charge in [-0.15, -0.1) is 0 Å². The van der Waals surface area contributed by atoms with E-state index in [-0.39, 0.29) is 0 Å². The topological polar surface area (TPSA) is 12.0 Å². The van der Waals surface area contributed by atoms with Crippen LogP contribution in [0.15, 0.2) is 0 Å². The Morgan fingerprint density at radius 3 is 2.38 bits per heavy atom. The van der Waals surface area contributed by atoms with E-state index in [4.69, 9.17) is 0 Å². The first-order chi connectivity index (χ1) is 6.35. The molecule has 80 valence electrons. The van der Waals surface area contributed by atoms with Crippen LogP contribution in [0.2, 0.25) is 0 Å². The number of rotatable bonds is 9. The quantitative estimate of drug-likeness (QED) is 0.577. The third-order valence-electron chi connectivity index (χ3n) is 1.99. The van der Waals surface area contributed by atoms with Gasteiger partial charge in [0, 0.05) is 11.8 Å². The minimum absolute atomic E-state index is 0.751. The van der Waals surface area contributed by atoms with Gasteiger partial charge in [0.2, 0.25) is 0 Å². The maximum atomic E-state index is 3.61. The average molecular weight is 203 g/mol. The minimum atomic E-state index is 0.751. The predicted octanol–water partition coefficient (Wildman–Crippen LogP) is 3.30. The lowest BCUT2D eigenvalue weighted by molar-refractivity contribution is 0.514. The van der Waals surface area contributed by atoms with Gasteiger partial charge < -0.3 is 5.32 Å². The zero-order valence-corrected chi connectivity index (χ0v) is 10.3. The molecule has 0 bridgehead atoms. The van der Waals surface area contributed by atoms with E-state index in [1.165, 1.54) is 43.7 Å². The van der Waals surface area contributed by atoms with E-state index in [1.54, 1.807) is 0 Å². The van der Waals surface area contributed by atoms with Crippen LogP contribution < -0.4 is 5.32 Å². The van der Waals surface area contributed by atoms with Crippen LogP contribution in [0, 0.1) is 0 Å². The molecular formula is C11H25NS. The third-order valence-corrected chi connectivity index (χ3v) is 3.32. The highest BCUT2D eigenvalue weighted by molar-refractivity contribution is 7.99. The molecule has 0 amide bonds. The lowest BCUT2D eigenvalue weighted by Crippen LogP contribution is -2.31. The van der Waals surface area contributed by atoms with Crippen molar-refractivity contribution >= 4 is 11.8 Å². The molecule has 13 heavy (non-hydrogen) atoms. The van der Waals surface area contributed by atoms with Crippen LogP contribution in [0.5, 0.6) is 0 Å². The highest BCUT2D eigenvalue weighted by atomic mass is 32.2. The molecule has 1 atom stereocenters. The molecule has 0 spiro atoms. The lowest BCUT2D eigenvalue weighted by Gasteiger charge is -2.16. The monoisotopic (exact) mass is 203 g/mol. The Kier molecular flexibility index (Phi) is 10.6. The van der Waals surface area contributed by atoms with Gasteiger partial charge in [-0.2, -0.15) is 11.8 Å². The van der Waals surface area contributed by atoms with Gasteiger partial charge in [0.25, 0.3) is 0 Å². The summed E-state index contributed by atoms with van der Waals surface area (Å²) in [5, 5.41) is 3.61. The van der Waals surface area contributed by atoms with Gasteiger partial charge in [-0.3, -0.25) is 0 Å². The van der Waals surface area contributed by atoms with E-state index < -0.39 is 0 Å².